The molecule has 0 amide bonds. The highest BCUT2D eigenvalue weighted by Crippen LogP contribution is 2.33. The van der Waals surface area contributed by atoms with Gasteiger partial charge in [-0.2, -0.15) is 0 Å². The number of aliphatic carboxylic acids is 1. The average molecular weight is 323 g/mol. The summed E-state index contributed by atoms with van der Waals surface area (Å²) in [6.07, 6.45) is 0. The number of carbonyl (C=O) groups is 1. The van der Waals surface area contributed by atoms with Gasteiger partial charge in [-0.05, 0) is 6.92 Å². The number of carbonyl (C=O) groups excluding carboxylic acids is 1. The Morgan fingerprint density at radius 1 is 1.04 bits per heavy atom. The van der Waals surface area contributed by atoms with E-state index in [9.17, 15) is 9.90 Å². The largest absolute Gasteiger partial charge is 0.549 e. The molecule has 0 saturated carbocycles. The van der Waals surface area contributed by atoms with Crippen molar-refractivity contribution >= 4 is 17.7 Å². The van der Waals surface area contributed by atoms with Gasteiger partial charge in [-0.1, -0.05) is 72.4 Å². The molecule has 5 heteroatoms. The van der Waals surface area contributed by atoms with Gasteiger partial charge in [0, 0.05) is 16.4 Å². The molecule has 1 atom stereocenters. The zero-order valence-corrected chi connectivity index (χ0v) is 13.3. The van der Waals surface area contributed by atoms with E-state index in [0.717, 1.165) is 34.3 Å². The summed E-state index contributed by atoms with van der Waals surface area (Å²) in [5, 5.41) is 10.9. The fourth-order valence-corrected chi connectivity index (χ4v) is 2.98. The number of hydrogen-bond donors (Lipinski definition) is 1. The molecule has 0 radical (unpaired) electrons. The molecule has 1 aromatic heterocycles. The Hall–Kier alpha value is -2.53. The minimum atomic E-state index is -1.10. The second-order valence-electron chi connectivity index (χ2n) is 5.08. The first-order chi connectivity index (χ1) is 11.1. The molecule has 3 aromatic rings. The van der Waals surface area contributed by atoms with Gasteiger partial charge in [0.05, 0.1) is 17.4 Å². The van der Waals surface area contributed by atoms with Gasteiger partial charge in [-0.15, -0.1) is 0 Å². The van der Waals surface area contributed by atoms with Gasteiger partial charge in [0.2, 0.25) is 0 Å². The molecule has 0 aliphatic heterocycles. The molecule has 1 N–H and O–H groups in total. The SMILES string of the molecule is C[C@@H](Sc1nc(-c2ccccc2)c(-c2ccccc2)[nH]1)C(=O)[O-]. The van der Waals surface area contributed by atoms with E-state index in [-0.39, 0.29) is 0 Å². The Morgan fingerprint density at radius 3 is 2.17 bits per heavy atom. The maximum absolute atomic E-state index is 11.0. The van der Waals surface area contributed by atoms with Crippen LogP contribution in [0.4, 0.5) is 0 Å². The zero-order chi connectivity index (χ0) is 16.2. The molecule has 23 heavy (non-hydrogen) atoms. The highest BCUT2D eigenvalue weighted by atomic mass is 32.2. The van der Waals surface area contributed by atoms with Crippen LogP contribution in [0.1, 0.15) is 6.92 Å². The Labute approximate surface area is 138 Å². The van der Waals surface area contributed by atoms with Crippen LogP contribution in [0.25, 0.3) is 22.5 Å². The Morgan fingerprint density at radius 2 is 1.61 bits per heavy atom. The van der Waals surface area contributed by atoms with Crippen LogP contribution in [0, 0.1) is 0 Å². The normalized spacial score (nSPS) is 12.0. The number of aromatic nitrogens is 2. The number of rotatable bonds is 5. The van der Waals surface area contributed by atoms with Crippen molar-refractivity contribution in [2.24, 2.45) is 0 Å². The molecule has 3 rings (SSSR count). The van der Waals surface area contributed by atoms with Crippen LogP contribution >= 0.6 is 11.8 Å². The number of benzene rings is 2. The molecule has 116 valence electrons. The maximum Gasteiger partial charge on any atom is 0.167 e. The number of nitrogens with one attached hydrogen (secondary N) is 1. The number of H-pyrrole nitrogens is 1. The van der Waals surface area contributed by atoms with Crippen molar-refractivity contribution in [3.8, 4) is 22.5 Å². The average Bonchev–Trinajstić information content (AvgIpc) is 3.00. The first-order valence-electron chi connectivity index (χ1n) is 7.23. The summed E-state index contributed by atoms with van der Waals surface area (Å²) in [7, 11) is 0. The number of thioether (sulfide) groups is 1. The van der Waals surface area contributed by atoms with E-state index in [2.05, 4.69) is 9.97 Å². The van der Waals surface area contributed by atoms with Crippen LogP contribution in [-0.2, 0) is 4.79 Å². The lowest BCUT2D eigenvalue weighted by atomic mass is 10.1. The van der Waals surface area contributed by atoms with Crippen molar-refractivity contribution in [3.05, 3.63) is 60.7 Å². The quantitative estimate of drug-likeness (QED) is 0.733. The highest BCUT2D eigenvalue weighted by Gasteiger charge is 2.16. The number of imidazole rings is 1. The van der Waals surface area contributed by atoms with Crippen molar-refractivity contribution in [1.82, 2.24) is 9.97 Å². The van der Waals surface area contributed by atoms with E-state index < -0.39 is 11.2 Å². The first-order valence-corrected chi connectivity index (χ1v) is 8.11. The summed E-state index contributed by atoms with van der Waals surface area (Å²) in [5.41, 5.74) is 3.68. The predicted molar refractivity (Wildman–Crippen MR) is 89.8 cm³/mol. The van der Waals surface area contributed by atoms with E-state index >= 15 is 0 Å². The van der Waals surface area contributed by atoms with Gasteiger partial charge in [0.25, 0.3) is 0 Å². The van der Waals surface area contributed by atoms with Crippen LogP contribution < -0.4 is 5.11 Å². The number of aromatic amines is 1. The summed E-state index contributed by atoms with van der Waals surface area (Å²) < 4.78 is 0. The third-order valence-electron chi connectivity index (χ3n) is 3.41. The van der Waals surface area contributed by atoms with Crippen molar-refractivity contribution < 1.29 is 9.90 Å². The van der Waals surface area contributed by atoms with E-state index in [1.807, 2.05) is 60.7 Å². The van der Waals surface area contributed by atoms with Crippen molar-refractivity contribution in [3.63, 3.8) is 0 Å². The monoisotopic (exact) mass is 323 g/mol. The molecule has 0 spiro atoms. The molecule has 0 unspecified atom stereocenters. The minimum Gasteiger partial charge on any atom is -0.549 e. The predicted octanol–water partition coefficient (Wildman–Crippen LogP) is 2.97. The third-order valence-corrected chi connectivity index (χ3v) is 4.37. The topological polar surface area (TPSA) is 68.8 Å². The van der Waals surface area contributed by atoms with Gasteiger partial charge in [0.15, 0.2) is 5.16 Å². The first kappa shape index (κ1) is 15.4. The van der Waals surface area contributed by atoms with E-state index in [1.165, 1.54) is 0 Å². The number of carboxylic acids is 1. The van der Waals surface area contributed by atoms with Crippen LogP contribution in [-0.4, -0.2) is 21.2 Å². The lowest BCUT2D eigenvalue weighted by molar-refractivity contribution is -0.304. The Kier molecular flexibility index (Phi) is 4.48. The lowest BCUT2D eigenvalue weighted by Crippen LogP contribution is -2.31. The van der Waals surface area contributed by atoms with Crippen molar-refractivity contribution in [2.75, 3.05) is 0 Å². The van der Waals surface area contributed by atoms with Crippen molar-refractivity contribution in [2.45, 2.75) is 17.3 Å². The van der Waals surface area contributed by atoms with Crippen LogP contribution in [0.5, 0.6) is 0 Å². The Bertz CT molecular complexity index is 743. The molecule has 4 nitrogen and oxygen atoms in total. The minimum absolute atomic E-state index is 0.569. The number of nitrogens with zero attached hydrogens (tertiary/aromatic N) is 1. The van der Waals surface area contributed by atoms with Crippen LogP contribution in [0.3, 0.4) is 0 Å². The molecular weight excluding hydrogens is 308 g/mol. The number of hydrogen-bond acceptors (Lipinski definition) is 4. The smallest absolute Gasteiger partial charge is 0.167 e. The summed E-state index contributed by atoms with van der Waals surface area (Å²) in [6.45, 7) is 1.59. The van der Waals surface area contributed by atoms with Gasteiger partial charge < -0.3 is 14.9 Å². The van der Waals surface area contributed by atoms with E-state index in [0.29, 0.717) is 5.16 Å². The second kappa shape index (κ2) is 6.71. The van der Waals surface area contributed by atoms with E-state index in [4.69, 9.17) is 0 Å². The zero-order valence-electron chi connectivity index (χ0n) is 12.5. The third kappa shape index (κ3) is 3.46. The fraction of sp³-hybridized carbons (Fsp3) is 0.111. The molecular formula is C18H15N2O2S-. The highest BCUT2D eigenvalue weighted by molar-refractivity contribution is 8.00. The lowest BCUT2D eigenvalue weighted by Gasteiger charge is -2.08. The van der Waals surface area contributed by atoms with E-state index in [1.54, 1.807) is 6.92 Å². The molecule has 0 saturated heterocycles. The van der Waals surface area contributed by atoms with Gasteiger partial charge in [0.1, 0.15) is 0 Å². The number of carboxylic acid groups (broad SMARTS) is 1. The summed E-state index contributed by atoms with van der Waals surface area (Å²) in [5.74, 6) is -1.10. The summed E-state index contributed by atoms with van der Waals surface area (Å²) in [6, 6.07) is 19.7. The van der Waals surface area contributed by atoms with Gasteiger partial charge in [-0.3, -0.25) is 0 Å². The second-order valence-corrected chi connectivity index (χ2v) is 6.41. The summed E-state index contributed by atoms with van der Waals surface area (Å²) >= 11 is 1.15. The molecule has 1 heterocycles. The molecule has 2 aromatic carbocycles. The van der Waals surface area contributed by atoms with Gasteiger partial charge >= 0.3 is 0 Å². The molecule has 0 aliphatic carbocycles. The van der Waals surface area contributed by atoms with Gasteiger partial charge in [-0.25, -0.2) is 4.98 Å². The maximum atomic E-state index is 11.0. The van der Waals surface area contributed by atoms with Crippen molar-refractivity contribution in [1.29, 1.82) is 0 Å². The molecule has 0 bridgehead atoms. The Balaban J connectivity index is 2.06. The molecule has 0 fully saturated rings. The van der Waals surface area contributed by atoms with Crippen LogP contribution in [0.2, 0.25) is 0 Å². The van der Waals surface area contributed by atoms with Crippen LogP contribution in [0.15, 0.2) is 65.8 Å². The standard InChI is InChI=1S/C18H16N2O2S/c1-12(17(21)22)23-18-19-15(13-8-4-2-5-9-13)16(20-18)14-10-6-3-7-11-14/h2-12H,1H3,(H,19,20)(H,21,22)/p-1/t12-/m1/s1. The summed E-state index contributed by atoms with van der Waals surface area (Å²) in [4.78, 5) is 18.8. The fourth-order valence-electron chi connectivity index (χ4n) is 2.24. The molecule has 0 aliphatic rings.